The summed E-state index contributed by atoms with van der Waals surface area (Å²) in [4.78, 5) is 42.1. The van der Waals surface area contributed by atoms with Crippen LogP contribution in [0.5, 0.6) is 5.75 Å². The Labute approximate surface area is 255 Å². The summed E-state index contributed by atoms with van der Waals surface area (Å²) >= 11 is 0. The second kappa shape index (κ2) is 12.8. The number of alkyl carbamates (subject to hydrolysis) is 1. The van der Waals surface area contributed by atoms with Crippen LogP contribution in [0, 0.1) is 0 Å². The van der Waals surface area contributed by atoms with Crippen molar-refractivity contribution in [3.05, 3.63) is 65.9 Å². The fraction of sp³-hybridized carbons (Fsp3) is 0.333. The summed E-state index contributed by atoms with van der Waals surface area (Å²) in [6.07, 6.45) is 3.11. The van der Waals surface area contributed by atoms with Gasteiger partial charge in [0.25, 0.3) is 0 Å². The average Bonchev–Trinajstić information content (AvgIpc) is 3.69. The number of carbonyl (C=O) groups excluding carboxylic acids is 2. The Morgan fingerprint density at radius 2 is 1.93 bits per heavy atom. The zero-order valence-corrected chi connectivity index (χ0v) is 25.3. The molecule has 1 aliphatic rings. The SMILES string of the molecule is CCCNCc1ncc(-c2ccc3c(c2)COc2cc4c(ccc5[nH]c(CN(CCC)C(=O)CNC(=O)OC)nc54)cc2-3)[nH]1. The van der Waals surface area contributed by atoms with Crippen LogP contribution in [0.3, 0.4) is 0 Å². The lowest BCUT2D eigenvalue weighted by molar-refractivity contribution is -0.130. The highest BCUT2D eigenvalue weighted by molar-refractivity contribution is 6.07. The van der Waals surface area contributed by atoms with Crippen molar-refractivity contribution in [3.63, 3.8) is 0 Å². The van der Waals surface area contributed by atoms with Gasteiger partial charge in [-0.2, -0.15) is 0 Å². The molecular weight excluding hydrogens is 558 g/mol. The van der Waals surface area contributed by atoms with Crippen LogP contribution in [0.4, 0.5) is 4.79 Å². The first-order valence-electron chi connectivity index (χ1n) is 15.0. The van der Waals surface area contributed by atoms with Crippen molar-refractivity contribution in [2.24, 2.45) is 0 Å². The first kappa shape index (κ1) is 29.2. The number of imidazole rings is 2. The highest BCUT2D eigenvalue weighted by Crippen LogP contribution is 2.42. The minimum Gasteiger partial charge on any atom is -0.488 e. The van der Waals surface area contributed by atoms with Gasteiger partial charge in [-0.15, -0.1) is 0 Å². The van der Waals surface area contributed by atoms with Gasteiger partial charge >= 0.3 is 6.09 Å². The summed E-state index contributed by atoms with van der Waals surface area (Å²) in [6, 6.07) is 14.8. The molecule has 228 valence electrons. The summed E-state index contributed by atoms with van der Waals surface area (Å²) in [5.74, 6) is 2.21. The third kappa shape index (κ3) is 5.96. The molecule has 2 aromatic heterocycles. The van der Waals surface area contributed by atoms with E-state index in [1.165, 1.54) is 7.11 Å². The fourth-order valence-corrected chi connectivity index (χ4v) is 5.64. The van der Waals surface area contributed by atoms with E-state index < -0.39 is 6.09 Å². The number of nitrogens with one attached hydrogen (secondary N) is 4. The van der Waals surface area contributed by atoms with E-state index in [0.29, 0.717) is 25.5 Å². The summed E-state index contributed by atoms with van der Waals surface area (Å²) < 4.78 is 10.9. The van der Waals surface area contributed by atoms with Crippen LogP contribution in [0.15, 0.2) is 48.7 Å². The fourth-order valence-electron chi connectivity index (χ4n) is 5.64. The highest BCUT2D eigenvalue weighted by atomic mass is 16.5. The van der Waals surface area contributed by atoms with Gasteiger partial charge in [0.1, 0.15) is 30.5 Å². The molecule has 6 rings (SSSR count). The number of hydrogen-bond acceptors (Lipinski definition) is 7. The number of H-pyrrole nitrogens is 2. The molecular formula is C33H37N7O4. The first-order chi connectivity index (χ1) is 21.5. The minimum atomic E-state index is -0.638. The van der Waals surface area contributed by atoms with Crippen molar-refractivity contribution in [1.82, 2.24) is 35.5 Å². The number of rotatable bonds is 11. The van der Waals surface area contributed by atoms with Crippen LogP contribution >= 0.6 is 0 Å². The number of methoxy groups -OCH3 is 1. The van der Waals surface area contributed by atoms with Crippen LogP contribution in [0.25, 0.3) is 44.2 Å². The molecule has 11 nitrogen and oxygen atoms in total. The maximum Gasteiger partial charge on any atom is 0.407 e. The quantitative estimate of drug-likeness (QED) is 0.153. The Morgan fingerprint density at radius 3 is 2.75 bits per heavy atom. The minimum absolute atomic E-state index is 0.137. The second-order valence-electron chi connectivity index (χ2n) is 11.0. The Bertz CT molecular complexity index is 1830. The lowest BCUT2D eigenvalue weighted by Crippen LogP contribution is -2.40. The molecule has 0 saturated heterocycles. The summed E-state index contributed by atoms with van der Waals surface area (Å²) in [5, 5.41) is 7.87. The number of benzene rings is 3. The number of amides is 2. The van der Waals surface area contributed by atoms with Crippen molar-refractivity contribution < 1.29 is 19.1 Å². The molecule has 0 aliphatic carbocycles. The van der Waals surface area contributed by atoms with Crippen molar-refractivity contribution in [2.45, 2.75) is 46.4 Å². The zero-order valence-electron chi connectivity index (χ0n) is 25.3. The van der Waals surface area contributed by atoms with Gasteiger partial charge in [0.05, 0.1) is 43.1 Å². The van der Waals surface area contributed by atoms with Crippen molar-refractivity contribution in [2.75, 3.05) is 26.7 Å². The molecule has 0 spiro atoms. The number of carbonyl (C=O) groups is 2. The van der Waals surface area contributed by atoms with E-state index in [9.17, 15) is 9.59 Å². The molecule has 0 atom stereocenters. The monoisotopic (exact) mass is 595 g/mol. The number of nitrogens with zero attached hydrogens (tertiary/aromatic N) is 3. The standard InChI is InChI=1S/C33H37N7O4/c1-4-10-34-16-29-35-15-27(38-29)21-6-8-23-22(12-21)19-44-28-14-24-20(13-25(23)28)7-9-26-32(24)39-30(37-26)18-40(11-5-2)31(41)17-36-33(42)43-3/h6-9,12-15,34H,4-5,10-11,16-19H2,1-3H3,(H,35,38)(H,36,42)(H,37,39). The van der Waals surface area contributed by atoms with Gasteiger partial charge in [-0.05, 0) is 65.7 Å². The Morgan fingerprint density at radius 1 is 1.05 bits per heavy atom. The third-order valence-electron chi connectivity index (χ3n) is 7.81. The van der Waals surface area contributed by atoms with Gasteiger partial charge in [0.2, 0.25) is 5.91 Å². The van der Waals surface area contributed by atoms with Crippen LogP contribution in [0.1, 0.15) is 43.9 Å². The molecule has 1 aliphatic heterocycles. The van der Waals surface area contributed by atoms with E-state index in [1.54, 1.807) is 4.90 Å². The number of ether oxygens (including phenoxy) is 2. The molecule has 3 aromatic carbocycles. The number of aromatic amines is 2. The maximum atomic E-state index is 12.8. The van der Waals surface area contributed by atoms with Gasteiger partial charge in [-0.1, -0.05) is 32.0 Å². The molecule has 44 heavy (non-hydrogen) atoms. The summed E-state index contributed by atoms with van der Waals surface area (Å²) in [5.41, 5.74) is 7.10. The number of aromatic nitrogens is 4. The lowest BCUT2D eigenvalue weighted by Gasteiger charge is -2.22. The molecule has 0 bridgehead atoms. The topological polar surface area (TPSA) is 137 Å². The molecule has 0 fully saturated rings. The van der Waals surface area contributed by atoms with Crippen LogP contribution in [0.2, 0.25) is 0 Å². The molecule has 5 aromatic rings. The van der Waals surface area contributed by atoms with E-state index in [2.05, 4.69) is 73.6 Å². The van der Waals surface area contributed by atoms with E-state index in [1.807, 2.05) is 19.2 Å². The molecule has 0 radical (unpaired) electrons. The van der Waals surface area contributed by atoms with Crippen molar-refractivity contribution in [1.29, 1.82) is 0 Å². The normalized spacial score (nSPS) is 12.1. The summed E-state index contributed by atoms with van der Waals surface area (Å²) in [6.45, 7) is 7.00. The largest absolute Gasteiger partial charge is 0.488 e. The molecule has 2 amide bonds. The second-order valence-corrected chi connectivity index (χ2v) is 11.0. The van der Waals surface area contributed by atoms with Crippen LogP contribution < -0.4 is 15.4 Å². The number of fused-ring (bicyclic) bond motifs is 6. The van der Waals surface area contributed by atoms with E-state index in [-0.39, 0.29) is 12.5 Å². The molecule has 3 heterocycles. The zero-order chi connectivity index (χ0) is 30.6. The van der Waals surface area contributed by atoms with Gasteiger partial charge in [-0.25, -0.2) is 14.8 Å². The smallest absolute Gasteiger partial charge is 0.407 e. The Hall–Kier alpha value is -4.90. The number of hydrogen-bond donors (Lipinski definition) is 4. The van der Waals surface area contributed by atoms with E-state index in [4.69, 9.17) is 9.72 Å². The third-order valence-corrected chi connectivity index (χ3v) is 7.81. The molecule has 0 unspecified atom stereocenters. The molecule has 0 saturated carbocycles. The summed E-state index contributed by atoms with van der Waals surface area (Å²) in [7, 11) is 1.27. The van der Waals surface area contributed by atoms with Gasteiger partial charge < -0.3 is 35.0 Å². The van der Waals surface area contributed by atoms with Crippen LogP contribution in [-0.4, -0.2) is 63.6 Å². The predicted molar refractivity (Wildman–Crippen MR) is 169 cm³/mol. The Kier molecular flexibility index (Phi) is 8.47. The van der Waals surface area contributed by atoms with Crippen molar-refractivity contribution >= 4 is 33.8 Å². The predicted octanol–water partition coefficient (Wildman–Crippen LogP) is 5.26. The van der Waals surface area contributed by atoms with E-state index in [0.717, 1.165) is 87.3 Å². The van der Waals surface area contributed by atoms with Gasteiger partial charge in [0, 0.05) is 17.5 Å². The molecule has 11 heteroatoms. The maximum absolute atomic E-state index is 12.8. The first-order valence-corrected chi connectivity index (χ1v) is 15.0. The molecule has 4 N–H and O–H groups in total. The van der Waals surface area contributed by atoms with Crippen molar-refractivity contribution in [3.8, 4) is 28.1 Å². The van der Waals surface area contributed by atoms with Gasteiger partial charge in [-0.3, -0.25) is 4.79 Å². The lowest BCUT2D eigenvalue weighted by atomic mass is 9.92. The van der Waals surface area contributed by atoms with E-state index >= 15 is 0 Å². The highest BCUT2D eigenvalue weighted by Gasteiger charge is 2.21. The van der Waals surface area contributed by atoms with Crippen LogP contribution in [-0.2, 0) is 29.2 Å². The van der Waals surface area contributed by atoms with Gasteiger partial charge in [0.15, 0.2) is 0 Å². The average molecular weight is 596 g/mol. The Balaban J connectivity index is 1.25.